The van der Waals surface area contributed by atoms with Crippen molar-refractivity contribution in [3.8, 4) is 0 Å². The quantitative estimate of drug-likeness (QED) is 0.716. The molecule has 1 fully saturated rings. The lowest BCUT2D eigenvalue weighted by Crippen LogP contribution is -2.46. The third-order valence-electron chi connectivity index (χ3n) is 5.40. The largest absolute Gasteiger partial charge is 0.480 e. The van der Waals surface area contributed by atoms with E-state index in [1.807, 2.05) is 25.8 Å². The Balaban J connectivity index is 0.00000392. The highest BCUT2D eigenvalue weighted by molar-refractivity contribution is 5.85. The molecule has 2 N–H and O–H groups in total. The maximum Gasteiger partial charge on any atom is 0.317 e. The zero-order valence-corrected chi connectivity index (χ0v) is 17.5. The molecule has 0 saturated carbocycles. The van der Waals surface area contributed by atoms with Gasteiger partial charge in [0.2, 0.25) is 5.91 Å². The predicted octanol–water partition coefficient (Wildman–Crippen LogP) is 2.68. The van der Waals surface area contributed by atoms with Crippen molar-refractivity contribution in [2.75, 3.05) is 26.7 Å². The number of carbonyl (C=O) groups excluding carboxylic acids is 1. The van der Waals surface area contributed by atoms with E-state index in [1.54, 1.807) is 12.1 Å². The zero-order valence-electron chi connectivity index (χ0n) is 16.7. The van der Waals surface area contributed by atoms with E-state index in [0.717, 1.165) is 37.9 Å². The number of aliphatic carboxylic acids is 1. The number of carbonyl (C=O) groups is 2. The van der Waals surface area contributed by atoms with Crippen LogP contribution in [0.1, 0.15) is 44.7 Å². The molecule has 0 spiro atoms. The minimum absolute atomic E-state index is 0. The Bertz CT molecular complexity index is 644. The van der Waals surface area contributed by atoms with Crippen LogP contribution in [0.5, 0.6) is 0 Å². The van der Waals surface area contributed by atoms with Gasteiger partial charge in [-0.3, -0.25) is 19.4 Å². The summed E-state index contributed by atoms with van der Waals surface area (Å²) in [6, 6.07) is 5.91. The molecule has 1 aromatic rings. The van der Waals surface area contributed by atoms with Crippen molar-refractivity contribution < 1.29 is 19.1 Å². The van der Waals surface area contributed by atoms with Crippen molar-refractivity contribution in [3.63, 3.8) is 0 Å². The average Bonchev–Trinajstić information content (AvgIpc) is 2.87. The number of rotatable bonds is 7. The van der Waals surface area contributed by atoms with Crippen molar-refractivity contribution in [1.29, 1.82) is 0 Å². The highest BCUT2D eigenvalue weighted by Crippen LogP contribution is 2.18. The normalized spacial score (nSPS) is 20.0. The summed E-state index contributed by atoms with van der Waals surface area (Å²) in [6.07, 6.45) is 2.70. The number of nitrogens with one attached hydrogen (secondary N) is 1. The van der Waals surface area contributed by atoms with Gasteiger partial charge < -0.3 is 10.4 Å². The molecule has 1 aromatic carbocycles. The Hall–Kier alpha value is -1.70. The fraction of sp³-hybridized carbons (Fsp3) is 0.600. The van der Waals surface area contributed by atoms with Gasteiger partial charge in [-0.25, -0.2) is 4.39 Å². The van der Waals surface area contributed by atoms with Crippen LogP contribution in [-0.4, -0.2) is 65.5 Å². The number of likely N-dealkylation sites (N-methyl/N-ethyl adjacent to an activating group) is 1. The lowest BCUT2D eigenvalue weighted by molar-refractivity contribution is -0.138. The van der Waals surface area contributed by atoms with E-state index in [4.69, 9.17) is 5.11 Å². The molecule has 1 saturated heterocycles. The Kier molecular flexibility index (Phi) is 9.85. The number of likely N-dealkylation sites (tertiary alicyclic amines) is 1. The van der Waals surface area contributed by atoms with Gasteiger partial charge in [0.15, 0.2) is 0 Å². The van der Waals surface area contributed by atoms with Crippen LogP contribution in [0.4, 0.5) is 4.39 Å². The molecule has 28 heavy (non-hydrogen) atoms. The molecule has 158 valence electrons. The molecule has 3 atom stereocenters. The van der Waals surface area contributed by atoms with Gasteiger partial charge in [0.05, 0.1) is 18.6 Å². The number of hydrogen-bond acceptors (Lipinski definition) is 4. The molecule has 1 aliphatic rings. The predicted molar refractivity (Wildman–Crippen MR) is 109 cm³/mol. The molecule has 3 unspecified atom stereocenters. The van der Waals surface area contributed by atoms with Crippen LogP contribution in [0.3, 0.4) is 0 Å². The van der Waals surface area contributed by atoms with Gasteiger partial charge in [-0.1, -0.05) is 12.1 Å². The summed E-state index contributed by atoms with van der Waals surface area (Å²) in [5, 5.41) is 12.0. The maximum atomic E-state index is 13.1. The second-order valence-corrected chi connectivity index (χ2v) is 7.39. The number of amides is 1. The Morgan fingerprint density at radius 1 is 1.25 bits per heavy atom. The lowest BCUT2D eigenvalue weighted by Gasteiger charge is -2.29. The van der Waals surface area contributed by atoms with E-state index in [0.29, 0.717) is 0 Å². The number of nitrogens with zero attached hydrogens (tertiary/aromatic N) is 2. The third kappa shape index (κ3) is 7.04. The number of halogens is 2. The van der Waals surface area contributed by atoms with Gasteiger partial charge in [-0.05, 0) is 64.4 Å². The second-order valence-electron chi connectivity index (χ2n) is 7.39. The Morgan fingerprint density at radius 3 is 2.50 bits per heavy atom. The minimum atomic E-state index is -0.818. The van der Waals surface area contributed by atoms with Gasteiger partial charge in [0.25, 0.3) is 0 Å². The van der Waals surface area contributed by atoms with Gasteiger partial charge in [-0.2, -0.15) is 0 Å². The number of benzene rings is 1. The molecule has 0 aliphatic carbocycles. The van der Waals surface area contributed by atoms with Crippen LogP contribution < -0.4 is 5.32 Å². The van der Waals surface area contributed by atoms with Gasteiger partial charge in [-0.15, -0.1) is 12.4 Å². The first-order valence-corrected chi connectivity index (χ1v) is 9.50. The molecule has 0 radical (unpaired) electrons. The smallest absolute Gasteiger partial charge is 0.317 e. The van der Waals surface area contributed by atoms with Crippen LogP contribution in [-0.2, 0) is 9.59 Å². The number of carboxylic acid groups (broad SMARTS) is 1. The minimum Gasteiger partial charge on any atom is -0.480 e. The standard InChI is InChI=1S/C20H30FN3O3.ClH/c1-14(16-6-8-17(21)9-7-16)22-20(27)15(2)24-11-4-5-18(10-12-24)23(3)13-19(25)26;/h6-9,14-15,18H,4-5,10-13H2,1-3H3,(H,22,27)(H,25,26);1H. The van der Waals surface area contributed by atoms with Crippen LogP contribution >= 0.6 is 12.4 Å². The van der Waals surface area contributed by atoms with Crippen molar-refractivity contribution in [2.24, 2.45) is 0 Å². The summed E-state index contributed by atoms with van der Waals surface area (Å²) in [5.74, 6) is -1.16. The molecular weight excluding hydrogens is 385 g/mol. The summed E-state index contributed by atoms with van der Waals surface area (Å²) in [5.41, 5.74) is 0.864. The highest BCUT2D eigenvalue weighted by Gasteiger charge is 2.27. The number of carboxylic acids is 1. The fourth-order valence-electron chi connectivity index (χ4n) is 3.61. The van der Waals surface area contributed by atoms with E-state index in [-0.39, 0.29) is 48.8 Å². The van der Waals surface area contributed by atoms with Crippen LogP contribution in [0.15, 0.2) is 24.3 Å². The lowest BCUT2D eigenvalue weighted by atomic mass is 10.1. The van der Waals surface area contributed by atoms with E-state index in [1.165, 1.54) is 12.1 Å². The monoisotopic (exact) mass is 415 g/mol. The average molecular weight is 416 g/mol. The Morgan fingerprint density at radius 2 is 1.89 bits per heavy atom. The first-order valence-electron chi connectivity index (χ1n) is 9.50. The van der Waals surface area contributed by atoms with E-state index in [9.17, 15) is 14.0 Å². The van der Waals surface area contributed by atoms with E-state index in [2.05, 4.69) is 10.2 Å². The number of hydrogen-bond donors (Lipinski definition) is 2. The second kappa shape index (κ2) is 11.3. The molecule has 6 nitrogen and oxygen atoms in total. The van der Waals surface area contributed by atoms with Crippen molar-refractivity contribution in [3.05, 3.63) is 35.6 Å². The SMILES string of the molecule is CC(NC(=O)C(C)N1CCCC(N(C)CC(=O)O)CC1)c1ccc(F)cc1.Cl. The topological polar surface area (TPSA) is 72.9 Å². The van der Waals surface area contributed by atoms with Gasteiger partial charge in [0, 0.05) is 12.6 Å². The van der Waals surface area contributed by atoms with Crippen molar-refractivity contribution in [2.45, 2.75) is 51.2 Å². The summed E-state index contributed by atoms with van der Waals surface area (Å²) < 4.78 is 13.1. The molecule has 0 bridgehead atoms. The van der Waals surface area contributed by atoms with Crippen molar-refractivity contribution >= 4 is 24.3 Å². The molecule has 1 aliphatic heterocycles. The highest BCUT2D eigenvalue weighted by atomic mass is 35.5. The van der Waals surface area contributed by atoms with Crippen LogP contribution in [0.2, 0.25) is 0 Å². The molecular formula is C20H31ClFN3O3. The summed E-state index contributed by atoms with van der Waals surface area (Å²) in [7, 11) is 1.84. The molecule has 2 rings (SSSR count). The molecule has 8 heteroatoms. The summed E-state index contributed by atoms with van der Waals surface area (Å²) >= 11 is 0. The van der Waals surface area contributed by atoms with Crippen molar-refractivity contribution in [1.82, 2.24) is 15.1 Å². The molecule has 0 aromatic heterocycles. The molecule has 1 heterocycles. The fourth-order valence-corrected chi connectivity index (χ4v) is 3.61. The van der Waals surface area contributed by atoms with E-state index >= 15 is 0 Å². The first-order chi connectivity index (χ1) is 12.8. The maximum absolute atomic E-state index is 13.1. The van der Waals surface area contributed by atoms with Gasteiger partial charge >= 0.3 is 5.97 Å². The third-order valence-corrected chi connectivity index (χ3v) is 5.40. The first kappa shape index (κ1) is 24.3. The van der Waals surface area contributed by atoms with E-state index < -0.39 is 5.97 Å². The zero-order chi connectivity index (χ0) is 20.0. The molecule has 1 amide bonds. The van der Waals surface area contributed by atoms with Crippen LogP contribution in [0.25, 0.3) is 0 Å². The summed E-state index contributed by atoms with van der Waals surface area (Å²) in [6.45, 7) is 5.39. The van der Waals surface area contributed by atoms with Gasteiger partial charge in [0.1, 0.15) is 5.82 Å². The van der Waals surface area contributed by atoms with Crippen LogP contribution in [0, 0.1) is 5.82 Å². The summed E-state index contributed by atoms with van der Waals surface area (Å²) in [4.78, 5) is 27.6. The Labute approximate surface area is 172 Å².